The Labute approximate surface area is 132 Å². The van der Waals surface area contributed by atoms with Gasteiger partial charge in [-0.2, -0.15) is 0 Å². The predicted molar refractivity (Wildman–Crippen MR) is 90.4 cm³/mol. The molecule has 4 heteroatoms. The first-order valence-corrected chi connectivity index (χ1v) is 8.75. The summed E-state index contributed by atoms with van der Waals surface area (Å²) in [7, 11) is 1.90. The van der Waals surface area contributed by atoms with Crippen molar-refractivity contribution in [1.29, 1.82) is 0 Å². The van der Waals surface area contributed by atoms with Crippen LogP contribution >= 0.6 is 11.8 Å². The number of nitrogens with two attached hydrogens (primary N) is 1. The fraction of sp³-hybridized carbons (Fsp3) is 0.588. The molecular weight excluding hydrogens is 280 g/mol. The smallest absolute Gasteiger partial charge is 0.239 e. The van der Waals surface area contributed by atoms with E-state index >= 15 is 0 Å². The van der Waals surface area contributed by atoms with Crippen molar-refractivity contribution in [3.8, 4) is 0 Å². The van der Waals surface area contributed by atoms with Gasteiger partial charge in [0.05, 0.1) is 0 Å². The Kier molecular flexibility index (Phi) is 5.71. The van der Waals surface area contributed by atoms with Crippen LogP contribution in [0, 0.1) is 5.92 Å². The maximum absolute atomic E-state index is 12.7. The molecule has 0 aliphatic carbocycles. The van der Waals surface area contributed by atoms with Gasteiger partial charge in [0.15, 0.2) is 0 Å². The quantitative estimate of drug-likeness (QED) is 0.910. The molecule has 0 spiro atoms. The number of fused-ring (bicyclic) bond motifs is 1. The minimum atomic E-state index is -0.0461. The number of aryl methyl sites for hydroxylation is 1. The number of rotatable bonds is 5. The Bertz CT molecular complexity index is 489. The maximum atomic E-state index is 12.7. The van der Waals surface area contributed by atoms with Gasteiger partial charge < -0.3 is 10.6 Å². The van der Waals surface area contributed by atoms with Gasteiger partial charge in [-0.05, 0) is 35.6 Å². The first kappa shape index (κ1) is 16.4. The number of carbonyl (C=O) groups is 1. The minimum Gasteiger partial charge on any atom is -0.344 e. The molecule has 0 bridgehead atoms. The zero-order valence-electron chi connectivity index (χ0n) is 13.2. The van der Waals surface area contributed by atoms with Crippen molar-refractivity contribution in [1.82, 2.24) is 4.90 Å². The molecule has 2 atom stereocenters. The van der Waals surface area contributed by atoms with Gasteiger partial charge in [0.1, 0.15) is 5.25 Å². The molecule has 3 nitrogen and oxygen atoms in total. The van der Waals surface area contributed by atoms with Crippen molar-refractivity contribution >= 4 is 17.7 Å². The van der Waals surface area contributed by atoms with Gasteiger partial charge >= 0.3 is 0 Å². The highest BCUT2D eigenvalue weighted by molar-refractivity contribution is 8.00. The van der Waals surface area contributed by atoms with Gasteiger partial charge in [0.2, 0.25) is 5.91 Å². The van der Waals surface area contributed by atoms with Crippen molar-refractivity contribution in [2.75, 3.05) is 19.3 Å². The molecule has 0 saturated carbocycles. The normalized spacial score (nSPS) is 19.2. The lowest BCUT2D eigenvalue weighted by molar-refractivity contribution is -0.129. The van der Waals surface area contributed by atoms with Gasteiger partial charge in [0.25, 0.3) is 0 Å². The van der Waals surface area contributed by atoms with Crippen molar-refractivity contribution in [3.05, 3.63) is 35.4 Å². The van der Waals surface area contributed by atoms with E-state index < -0.39 is 0 Å². The lowest BCUT2D eigenvalue weighted by atomic mass is 10.00. The molecule has 0 radical (unpaired) electrons. The summed E-state index contributed by atoms with van der Waals surface area (Å²) in [5, 5.41) is -0.0461. The molecule has 1 aliphatic heterocycles. The van der Waals surface area contributed by atoms with Crippen molar-refractivity contribution < 1.29 is 4.79 Å². The van der Waals surface area contributed by atoms with Gasteiger partial charge in [-0.15, -0.1) is 11.8 Å². The number of nitrogens with zero attached hydrogens (tertiary/aromatic N) is 1. The topological polar surface area (TPSA) is 46.3 Å². The van der Waals surface area contributed by atoms with E-state index in [1.807, 2.05) is 18.0 Å². The third kappa shape index (κ3) is 4.01. The summed E-state index contributed by atoms with van der Waals surface area (Å²) in [6.07, 6.45) is 1.92. The molecule has 1 aromatic rings. The second-order valence-corrected chi connectivity index (χ2v) is 7.37. The zero-order chi connectivity index (χ0) is 15.4. The number of hydrogen-bond acceptors (Lipinski definition) is 3. The Morgan fingerprint density at radius 3 is 2.86 bits per heavy atom. The number of likely N-dealkylation sites (N-methyl/N-ethyl adjacent to an activating group) is 1. The monoisotopic (exact) mass is 306 g/mol. The fourth-order valence-electron chi connectivity index (χ4n) is 2.58. The summed E-state index contributed by atoms with van der Waals surface area (Å²) in [4.78, 5) is 14.6. The lowest BCUT2D eigenvalue weighted by Crippen LogP contribution is -2.37. The average molecular weight is 306 g/mol. The van der Waals surface area contributed by atoms with Crippen molar-refractivity contribution in [2.24, 2.45) is 11.7 Å². The van der Waals surface area contributed by atoms with Crippen LogP contribution in [0.3, 0.4) is 0 Å². The summed E-state index contributed by atoms with van der Waals surface area (Å²) in [5.74, 6) is 1.69. The fourth-order valence-corrected chi connectivity index (χ4v) is 3.89. The van der Waals surface area contributed by atoms with Gasteiger partial charge in [-0.25, -0.2) is 0 Å². The van der Waals surface area contributed by atoms with Gasteiger partial charge in [0, 0.05) is 19.6 Å². The van der Waals surface area contributed by atoms with Crippen LogP contribution in [0.25, 0.3) is 0 Å². The molecule has 0 saturated heterocycles. The molecular formula is C17H26N2OS. The van der Waals surface area contributed by atoms with E-state index in [1.54, 1.807) is 11.8 Å². The van der Waals surface area contributed by atoms with Crippen LogP contribution in [0.1, 0.15) is 36.6 Å². The third-order valence-corrected chi connectivity index (χ3v) is 5.48. The van der Waals surface area contributed by atoms with Crippen LogP contribution < -0.4 is 5.73 Å². The number of benzene rings is 1. The summed E-state index contributed by atoms with van der Waals surface area (Å²) >= 11 is 1.76. The van der Waals surface area contributed by atoms with Crippen LogP contribution in [0.15, 0.2) is 24.3 Å². The third-order valence-electron chi connectivity index (χ3n) is 4.25. The maximum Gasteiger partial charge on any atom is 0.239 e. The summed E-state index contributed by atoms with van der Waals surface area (Å²) in [5.41, 5.74) is 8.59. The summed E-state index contributed by atoms with van der Waals surface area (Å²) in [6.45, 7) is 4.98. The van der Waals surface area contributed by atoms with Gasteiger partial charge in [-0.1, -0.05) is 38.1 Å². The number of hydrogen-bond donors (Lipinski definition) is 1. The SMILES string of the molecule is CC(C)C(N)CCN(C)C(=O)C1SCCc2ccccc21. The second-order valence-electron chi connectivity index (χ2n) is 6.16. The molecule has 2 N–H and O–H groups in total. The largest absolute Gasteiger partial charge is 0.344 e. The molecule has 2 rings (SSSR count). The molecule has 1 heterocycles. The van der Waals surface area contributed by atoms with Crippen LogP contribution in [-0.2, 0) is 11.2 Å². The van der Waals surface area contributed by atoms with Crippen LogP contribution in [0.4, 0.5) is 0 Å². The molecule has 2 unspecified atom stereocenters. The minimum absolute atomic E-state index is 0.0461. The van der Waals surface area contributed by atoms with E-state index in [-0.39, 0.29) is 17.2 Å². The van der Waals surface area contributed by atoms with E-state index in [0.29, 0.717) is 5.92 Å². The molecule has 0 fully saturated rings. The second kappa shape index (κ2) is 7.32. The Balaban J connectivity index is 2.00. The molecule has 0 aromatic heterocycles. The average Bonchev–Trinajstić information content (AvgIpc) is 2.50. The molecule has 1 amide bonds. The van der Waals surface area contributed by atoms with E-state index in [0.717, 1.165) is 25.1 Å². The standard InChI is InChI=1S/C17H26N2OS/c1-12(2)15(18)8-10-19(3)17(20)16-14-7-5-4-6-13(14)9-11-21-16/h4-7,12,15-16H,8-11,18H2,1-3H3. The first-order chi connectivity index (χ1) is 10.0. The van der Waals surface area contributed by atoms with Crippen LogP contribution in [-0.4, -0.2) is 36.2 Å². The first-order valence-electron chi connectivity index (χ1n) is 7.70. The van der Waals surface area contributed by atoms with E-state index in [9.17, 15) is 4.79 Å². The Hall–Kier alpha value is -1.00. The number of carbonyl (C=O) groups excluding carboxylic acids is 1. The molecule has 21 heavy (non-hydrogen) atoms. The summed E-state index contributed by atoms with van der Waals surface area (Å²) in [6, 6.07) is 8.48. The van der Waals surface area contributed by atoms with Crippen molar-refractivity contribution in [2.45, 2.75) is 38.0 Å². The number of amides is 1. The highest BCUT2D eigenvalue weighted by Gasteiger charge is 2.29. The predicted octanol–water partition coefficient (Wildman–Crippen LogP) is 2.85. The lowest BCUT2D eigenvalue weighted by Gasteiger charge is -2.29. The molecule has 1 aliphatic rings. The summed E-state index contributed by atoms with van der Waals surface area (Å²) < 4.78 is 0. The Morgan fingerprint density at radius 2 is 2.14 bits per heavy atom. The molecule has 1 aromatic carbocycles. The number of thioether (sulfide) groups is 1. The van der Waals surface area contributed by atoms with E-state index in [2.05, 4.69) is 32.0 Å². The van der Waals surface area contributed by atoms with Crippen molar-refractivity contribution in [3.63, 3.8) is 0 Å². The van der Waals surface area contributed by atoms with Crippen LogP contribution in [0.5, 0.6) is 0 Å². The zero-order valence-corrected chi connectivity index (χ0v) is 14.0. The molecule has 116 valence electrons. The van der Waals surface area contributed by atoms with E-state index in [4.69, 9.17) is 5.73 Å². The van der Waals surface area contributed by atoms with E-state index in [1.165, 1.54) is 11.1 Å². The highest BCUT2D eigenvalue weighted by atomic mass is 32.2. The van der Waals surface area contributed by atoms with Gasteiger partial charge in [-0.3, -0.25) is 4.79 Å². The Morgan fingerprint density at radius 1 is 1.43 bits per heavy atom. The highest BCUT2D eigenvalue weighted by Crippen LogP contribution is 2.37. The van der Waals surface area contributed by atoms with Crippen LogP contribution in [0.2, 0.25) is 0 Å².